The summed E-state index contributed by atoms with van der Waals surface area (Å²) in [6.07, 6.45) is 0. The summed E-state index contributed by atoms with van der Waals surface area (Å²) in [7, 11) is 2.00. The van der Waals surface area contributed by atoms with Gasteiger partial charge in [0.05, 0.1) is 0 Å². The molecule has 0 bridgehead atoms. The molecule has 0 saturated heterocycles. The van der Waals surface area contributed by atoms with Crippen molar-refractivity contribution >= 4 is 0 Å². The van der Waals surface area contributed by atoms with Crippen LogP contribution in [0.25, 0.3) is 0 Å². The Balaban J connectivity index is 0. The Morgan fingerprint density at radius 3 is 1.31 bits per heavy atom. The molecule has 2 nitrogen and oxygen atoms in total. The highest BCUT2D eigenvalue weighted by Crippen LogP contribution is 2.20. The molecule has 1 aromatic rings. The van der Waals surface area contributed by atoms with Gasteiger partial charge in [-0.3, -0.25) is 0 Å². The van der Waals surface area contributed by atoms with E-state index in [9.17, 15) is 0 Å². The summed E-state index contributed by atoms with van der Waals surface area (Å²) in [4.78, 5) is 0. The average molecular weight is 226 g/mol. The van der Waals surface area contributed by atoms with Gasteiger partial charge in [-0.1, -0.05) is 52.0 Å². The Hall–Kier alpha value is -0.860. The van der Waals surface area contributed by atoms with Gasteiger partial charge in [-0.2, -0.15) is 0 Å². The van der Waals surface area contributed by atoms with Crippen LogP contribution in [0.3, 0.4) is 0 Å². The van der Waals surface area contributed by atoms with Crippen molar-refractivity contribution in [3.8, 4) is 0 Å². The van der Waals surface area contributed by atoms with Crippen molar-refractivity contribution in [1.29, 1.82) is 0 Å². The van der Waals surface area contributed by atoms with E-state index >= 15 is 0 Å². The highest BCUT2D eigenvalue weighted by Gasteiger charge is 2.02. The van der Waals surface area contributed by atoms with E-state index < -0.39 is 0 Å². The van der Waals surface area contributed by atoms with Gasteiger partial charge in [-0.25, -0.2) is 0 Å². The number of hydrogen-bond acceptors (Lipinski definition) is 2. The fourth-order valence-electron chi connectivity index (χ4n) is 1.28. The molecular weight excluding hydrogens is 200 g/mol. The molecule has 0 spiro atoms. The van der Waals surface area contributed by atoms with Crippen molar-refractivity contribution in [3.63, 3.8) is 0 Å². The molecule has 0 aliphatic heterocycles. The van der Waals surface area contributed by atoms with Gasteiger partial charge in [-0.05, 0) is 23.0 Å². The third kappa shape index (κ3) is 6.59. The molecule has 0 aliphatic carbocycles. The van der Waals surface area contributed by atoms with E-state index in [2.05, 4.69) is 52.0 Å². The second kappa shape index (κ2) is 10.7. The zero-order chi connectivity index (χ0) is 13.1. The number of aliphatic hydroxyl groups is 2. The highest BCUT2D eigenvalue weighted by atomic mass is 16.2. The second-order valence-electron chi connectivity index (χ2n) is 3.98. The number of aliphatic hydroxyl groups excluding tert-OH is 2. The van der Waals surface area contributed by atoms with Gasteiger partial charge < -0.3 is 10.2 Å². The molecule has 0 atom stereocenters. The monoisotopic (exact) mass is 226 g/mol. The SMILES string of the molecule is CC(C)c1cccc(C(C)C)c1.CO.CO. The van der Waals surface area contributed by atoms with Crippen LogP contribution in [0.1, 0.15) is 50.7 Å². The summed E-state index contributed by atoms with van der Waals surface area (Å²) in [5, 5.41) is 14.0. The first kappa shape index (κ1) is 17.5. The van der Waals surface area contributed by atoms with Crippen LogP contribution in [0.2, 0.25) is 0 Å². The molecule has 0 aliphatic rings. The second-order valence-corrected chi connectivity index (χ2v) is 3.98. The largest absolute Gasteiger partial charge is 0.400 e. The molecule has 0 saturated carbocycles. The van der Waals surface area contributed by atoms with Crippen LogP contribution in [0.5, 0.6) is 0 Å². The van der Waals surface area contributed by atoms with Gasteiger partial charge in [0.25, 0.3) is 0 Å². The van der Waals surface area contributed by atoms with E-state index in [1.807, 2.05) is 0 Å². The van der Waals surface area contributed by atoms with Crippen molar-refractivity contribution in [2.45, 2.75) is 39.5 Å². The van der Waals surface area contributed by atoms with Gasteiger partial charge >= 0.3 is 0 Å². The summed E-state index contributed by atoms with van der Waals surface area (Å²) in [6, 6.07) is 8.88. The minimum Gasteiger partial charge on any atom is -0.400 e. The Bertz CT molecular complexity index is 231. The summed E-state index contributed by atoms with van der Waals surface area (Å²) in [6.45, 7) is 8.94. The van der Waals surface area contributed by atoms with E-state index in [0.717, 1.165) is 14.2 Å². The molecule has 0 radical (unpaired) electrons. The summed E-state index contributed by atoms with van der Waals surface area (Å²) >= 11 is 0. The maximum atomic E-state index is 7.00. The molecule has 1 rings (SSSR count). The third-order valence-corrected chi connectivity index (χ3v) is 2.24. The van der Waals surface area contributed by atoms with E-state index in [1.54, 1.807) is 0 Å². The molecule has 2 N–H and O–H groups in total. The van der Waals surface area contributed by atoms with E-state index in [1.165, 1.54) is 11.1 Å². The predicted molar refractivity (Wildman–Crippen MR) is 70.9 cm³/mol. The molecule has 0 heterocycles. The van der Waals surface area contributed by atoms with Crippen molar-refractivity contribution in [2.75, 3.05) is 14.2 Å². The lowest BCUT2D eigenvalue weighted by Gasteiger charge is -2.09. The maximum Gasteiger partial charge on any atom is 0.0319 e. The van der Waals surface area contributed by atoms with Gasteiger partial charge in [0.2, 0.25) is 0 Å². The summed E-state index contributed by atoms with van der Waals surface area (Å²) in [5.41, 5.74) is 2.89. The molecule has 0 fully saturated rings. The molecule has 16 heavy (non-hydrogen) atoms. The lowest BCUT2D eigenvalue weighted by molar-refractivity contribution is 0.399. The van der Waals surface area contributed by atoms with E-state index in [4.69, 9.17) is 10.2 Å². The van der Waals surface area contributed by atoms with Crippen LogP contribution in [-0.2, 0) is 0 Å². The minimum atomic E-state index is 0.642. The molecule has 94 valence electrons. The van der Waals surface area contributed by atoms with Crippen molar-refractivity contribution in [1.82, 2.24) is 0 Å². The molecule has 1 aromatic carbocycles. The Kier molecular flexibility index (Phi) is 11.7. The fraction of sp³-hybridized carbons (Fsp3) is 0.571. The number of benzene rings is 1. The summed E-state index contributed by atoms with van der Waals surface area (Å²) < 4.78 is 0. The number of rotatable bonds is 2. The first-order chi connectivity index (χ1) is 7.61. The predicted octanol–water partition coefficient (Wildman–Crippen LogP) is 3.15. The Morgan fingerprint density at radius 2 is 1.06 bits per heavy atom. The van der Waals surface area contributed by atoms with Crippen LogP contribution in [0.4, 0.5) is 0 Å². The van der Waals surface area contributed by atoms with Gasteiger partial charge in [0, 0.05) is 14.2 Å². The Labute approximate surface area is 100.0 Å². The van der Waals surface area contributed by atoms with Gasteiger partial charge in [0.15, 0.2) is 0 Å². The van der Waals surface area contributed by atoms with Crippen LogP contribution >= 0.6 is 0 Å². The normalized spacial score (nSPS) is 9.12. The molecule has 2 heteroatoms. The number of hydrogen-bond donors (Lipinski definition) is 2. The molecular formula is C14H26O2. The Morgan fingerprint density at radius 1 is 0.750 bits per heavy atom. The standard InChI is InChI=1S/C12H18.2CH4O/c1-9(2)11-6-5-7-12(8-11)10(3)4;2*1-2/h5-10H,1-4H3;2*2H,1H3. The van der Waals surface area contributed by atoms with E-state index in [0.29, 0.717) is 11.8 Å². The van der Waals surface area contributed by atoms with Crippen molar-refractivity contribution < 1.29 is 10.2 Å². The molecule has 0 amide bonds. The quantitative estimate of drug-likeness (QED) is 0.813. The zero-order valence-corrected chi connectivity index (χ0v) is 11.4. The lowest BCUT2D eigenvalue weighted by atomic mass is 9.96. The lowest BCUT2D eigenvalue weighted by Crippen LogP contribution is -1.91. The molecule has 0 aromatic heterocycles. The first-order valence-electron chi connectivity index (χ1n) is 5.60. The zero-order valence-electron chi connectivity index (χ0n) is 11.4. The maximum absolute atomic E-state index is 7.00. The minimum absolute atomic E-state index is 0.642. The van der Waals surface area contributed by atoms with Gasteiger partial charge in [-0.15, -0.1) is 0 Å². The average Bonchev–Trinajstić information content (AvgIpc) is 2.34. The summed E-state index contributed by atoms with van der Waals surface area (Å²) in [5.74, 6) is 1.28. The van der Waals surface area contributed by atoms with Crippen LogP contribution in [0.15, 0.2) is 24.3 Å². The fourth-order valence-corrected chi connectivity index (χ4v) is 1.28. The van der Waals surface area contributed by atoms with Crippen molar-refractivity contribution in [3.05, 3.63) is 35.4 Å². The van der Waals surface area contributed by atoms with Crippen LogP contribution in [0, 0.1) is 0 Å². The van der Waals surface area contributed by atoms with Crippen molar-refractivity contribution in [2.24, 2.45) is 0 Å². The highest BCUT2D eigenvalue weighted by molar-refractivity contribution is 5.27. The topological polar surface area (TPSA) is 40.5 Å². The first-order valence-corrected chi connectivity index (χ1v) is 5.60. The smallest absolute Gasteiger partial charge is 0.0319 e. The van der Waals surface area contributed by atoms with Gasteiger partial charge in [0.1, 0.15) is 0 Å². The van der Waals surface area contributed by atoms with Crippen LogP contribution in [-0.4, -0.2) is 24.4 Å². The molecule has 0 unspecified atom stereocenters. The van der Waals surface area contributed by atoms with Crippen LogP contribution < -0.4 is 0 Å². The third-order valence-electron chi connectivity index (χ3n) is 2.24. The van der Waals surface area contributed by atoms with E-state index in [-0.39, 0.29) is 0 Å².